The number of piperidine rings is 1. The van der Waals surface area contributed by atoms with Crippen LogP contribution in [0.25, 0.3) is 33.4 Å². The molecule has 0 saturated carbocycles. The molecule has 8 rings (SSSR count). The van der Waals surface area contributed by atoms with Gasteiger partial charge in [0.25, 0.3) is 5.91 Å². The highest BCUT2D eigenvalue weighted by molar-refractivity contribution is 6.31. The predicted octanol–water partition coefficient (Wildman–Crippen LogP) is 9.03. The van der Waals surface area contributed by atoms with Gasteiger partial charge in [0.1, 0.15) is 5.69 Å². The lowest BCUT2D eigenvalue weighted by Crippen LogP contribution is -2.34. The highest BCUT2D eigenvalue weighted by Crippen LogP contribution is 2.42. The number of carbonyl (C=O) groups is 1. The molecular weight excluding hydrogens is 671 g/mol. The Balaban J connectivity index is 1.21. The maximum absolute atomic E-state index is 14.6. The summed E-state index contributed by atoms with van der Waals surface area (Å²) in [6.07, 6.45) is 6.61. The van der Waals surface area contributed by atoms with Gasteiger partial charge in [-0.25, -0.2) is 9.97 Å². The van der Waals surface area contributed by atoms with E-state index in [1.165, 1.54) is 6.39 Å². The van der Waals surface area contributed by atoms with Crippen molar-refractivity contribution in [2.45, 2.75) is 31.7 Å². The van der Waals surface area contributed by atoms with Crippen LogP contribution in [0, 0.1) is 0 Å². The molecule has 7 aromatic rings. The normalized spacial score (nSPS) is 14.3. The molecule has 2 N–H and O–H groups in total. The Morgan fingerprint density at radius 1 is 0.960 bits per heavy atom. The largest absolute Gasteiger partial charge is 0.428 e. The van der Waals surface area contributed by atoms with Gasteiger partial charge < -0.3 is 24.2 Å². The van der Waals surface area contributed by atoms with Crippen molar-refractivity contribution in [1.29, 1.82) is 0 Å². The highest BCUT2D eigenvalue weighted by Gasteiger charge is 2.30. The fourth-order valence-corrected chi connectivity index (χ4v) is 7.12. The number of amides is 1. The van der Waals surface area contributed by atoms with Crippen molar-refractivity contribution >= 4 is 51.5 Å². The molecule has 10 nitrogen and oxygen atoms in total. The number of carbonyl (C=O) groups excluding carboxylic acids is 1. The van der Waals surface area contributed by atoms with Crippen LogP contribution in [0.2, 0.25) is 10.0 Å². The van der Waals surface area contributed by atoms with E-state index in [4.69, 9.17) is 37.6 Å². The first-order valence-electron chi connectivity index (χ1n) is 16.4. The molecule has 0 bridgehead atoms. The average Bonchev–Trinajstić information content (AvgIpc) is 3.91. The van der Waals surface area contributed by atoms with Crippen LogP contribution in [0.1, 0.15) is 53.7 Å². The summed E-state index contributed by atoms with van der Waals surface area (Å²) >= 11 is 12.7. The molecule has 3 aromatic carbocycles. The number of hydrogen-bond donors (Lipinski definition) is 2. The Labute approximate surface area is 298 Å². The number of H-pyrrole nitrogens is 1. The zero-order valence-electron chi connectivity index (χ0n) is 27.1. The van der Waals surface area contributed by atoms with Crippen molar-refractivity contribution < 1.29 is 9.21 Å². The first-order valence-corrected chi connectivity index (χ1v) is 17.2. The van der Waals surface area contributed by atoms with Gasteiger partial charge in [0, 0.05) is 57.3 Å². The third-order valence-corrected chi connectivity index (χ3v) is 9.88. The van der Waals surface area contributed by atoms with Crippen LogP contribution in [0.4, 0.5) is 11.5 Å². The molecule has 1 atom stereocenters. The van der Waals surface area contributed by atoms with Gasteiger partial charge in [0.2, 0.25) is 12.3 Å². The van der Waals surface area contributed by atoms with Crippen LogP contribution in [0.3, 0.4) is 0 Å². The molecule has 250 valence electrons. The topological polar surface area (TPSA) is 118 Å². The Kier molecular flexibility index (Phi) is 8.56. The van der Waals surface area contributed by atoms with E-state index in [9.17, 15) is 4.79 Å². The molecule has 1 saturated heterocycles. The Morgan fingerprint density at radius 3 is 2.50 bits per heavy atom. The third kappa shape index (κ3) is 6.01. The predicted molar refractivity (Wildman–Crippen MR) is 196 cm³/mol. The number of hydrogen-bond acceptors (Lipinski definition) is 7. The summed E-state index contributed by atoms with van der Waals surface area (Å²) in [5, 5.41) is 13.2. The van der Waals surface area contributed by atoms with Gasteiger partial charge in [0.15, 0.2) is 5.82 Å². The van der Waals surface area contributed by atoms with Crippen LogP contribution in [-0.2, 0) is 0 Å². The first-order chi connectivity index (χ1) is 24.4. The minimum atomic E-state index is -0.312. The molecule has 4 aromatic heterocycles. The number of nitrogens with one attached hydrogen (secondary N) is 2. The lowest BCUT2D eigenvalue weighted by atomic mass is 9.97. The molecule has 0 radical (unpaired) electrons. The third-order valence-electron chi connectivity index (χ3n) is 9.39. The second kappa shape index (κ2) is 13.5. The maximum atomic E-state index is 14.6. The SMILES string of the molecule is C[C@@H](c1ccc(Cl)cc1)n1cnc(-c2ccccc2)c1-c1c(C(=O)Nc2cccnc2N2CCC(c3nnco3)CC2)[nH]c2cc(Cl)ccc12. The van der Waals surface area contributed by atoms with E-state index in [0.29, 0.717) is 33.1 Å². The molecule has 0 unspecified atom stereocenters. The number of benzene rings is 3. The van der Waals surface area contributed by atoms with Crippen molar-refractivity contribution in [2.24, 2.45) is 0 Å². The van der Waals surface area contributed by atoms with E-state index >= 15 is 0 Å². The average molecular weight is 704 g/mol. The summed E-state index contributed by atoms with van der Waals surface area (Å²) in [6.45, 7) is 3.56. The lowest BCUT2D eigenvalue weighted by molar-refractivity contribution is 0.102. The first kappa shape index (κ1) is 31.8. The maximum Gasteiger partial charge on any atom is 0.272 e. The van der Waals surface area contributed by atoms with Gasteiger partial charge in [0.05, 0.1) is 29.4 Å². The smallest absolute Gasteiger partial charge is 0.272 e. The molecule has 5 heterocycles. The number of rotatable bonds is 8. The van der Waals surface area contributed by atoms with Gasteiger partial charge in [-0.15, -0.1) is 10.2 Å². The number of halogens is 2. The van der Waals surface area contributed by atoms with E-state index in [-0.39, 0.29) is 17.9 Å². The number of imidazole rings is 1. The standard InChI is InChI=1S/C38H32Cl2N8O2/c1-23(24-9-11-27(39)12-10-24)48-21-42-33(25-6-3-2-4-7-25)35(48)32-29-14-13-28(40)20-31(29)44-34(32)37(49)45-30-8-5-17-41-36(30)47-18-15-26(16-19-47)38-46-43-22-50-38/h2-14,17,20-23,26,44H,15-16,18-19H2,1H3,(H,45,49)/t23-/m0/s1. The molecule has 0 spiro atoms. The zero-order chi connectivity index (χ0) is 34.2. The highest BCUT2D eigenvalue weighted by atomic mass is 35.5. The number of aromatic amines is 1. The van der Waals surface area contributed by atoms with E-state index in [1.54, 1.807) is 6.20 Å². The number of aromatic nitrogens is 6. The Hall–Kier alpha value is -5.45. The van der Waals surface area contributed by atoms with Crippen LogP contribution in [0.5, 0.6) is 0 Å². The monoisotopic (exact) mass is 702 g/mol. The minimum Gasteiger partial charge on any atom is -0.428 e. The summed E-state index contributed by atoms with van der Waals surface area (Å²) < 4.78 is 7.58. The zero-order valence-corrected chi connectivity index (χ0v) is 28.6. The van der Waals surface area contributed by atoms with Crippen LogP contribution in [0.15, 0.2) is 108 Å². The molecular formula is C38H32Cl2N8O2. The molecule has 1 aliphatic heterocycles. The fraction of sp³-hybridized carbons (Fsp3) is 0.184. The molecule has 0 aliphatic carbocycles. The lowest BCUT2D eigenvalue weighted by Gasteiger charge is -2.32. The molecule has 1 fully saturated rings. The van der Waals surface area contributed by atoms with Crippen molar-refractivity contribution in [2.75, 3.05) is 23.3 Å². The van der Waals surface area contributed by atoms with Gasteiger partial charge >= 0.3 is 0 Å². The molecule has 1 aliphatic rings. The molecule has 1 amide bonds. The van der Waals surface area contributed by atoms with Crippen molar-refractivity contribution in [1.82, 2.24) is 29.7 Å². The van der Waals surface area contributed by atoms with Gasteiger partial charge in [-0.2, -0.15) is 0 Å². The van der Waals surface area contributed by atoms with E-state index < -0.39 is 0 Å². The second-order valence-corrected chi connectivity index (χ2v) is 13.2. The number of anilines is 2. The van der Waals surface area contributed by atoms with Crippen molar-refractivity contribution in [3.05, 3.63) is 131 Å². The number of pyridine rings is 1. The van der Waals surface area contributed by atoms with E-state index in [1.807, 2.05) is 91.3 Å². The number of fused-ring (bicyclic) bond motifs is 1. The van der Waals surface area contributed by atoms with E-state index in [0.717, 1.165) is 64.9 Å². The summed E-state index contributed by atoms with van der Waals surface area (Å²) in [5.74, 6) is 1.24. The fourth-order valence-electron chi connectivity index (χ4n) is 6.83. The summed E-state index contributed by atoms with van der Waals surface area (Å²) in [5.41, 5.74) is 5.98. The Bertz CT molecular complexity index is 2280. The van der Waals surface area contributed by atoms with Gasteiger partial charge in [-0.05, 0) is 61.7 Å². The molecule has 50 heavy (non-hydrogen) atoms. The van der Waals surface area contributed by atoms with Crippen LogP contribution < -0.4 is 10.2 Å². The summed E-state index contributed by atoms with van der Waals surface area (Å²) in [7, 11) is 0. The summed E-state index contributed by atoms with van der Waals surface area (Å²) in [6, 6.07) is 27.0. The van der Waals surface area contributed by atoms with Crippen LogP contribution >= 0.6 is 23.2 Å². The van der Waals surface area contributed by atoms with Gasteiger partial charge in [-0.1, -0.05) is 71.7 Å². The summed E-state index contributed by atoms with van der Waals surface area (Å²) in [4.78, 5) is 29.8. The quantitative estimate of drug-likeness (QED) is 0.162. The molecule has 12 heteroatoms. The second-order valence-electron chi connectivity index (χ2n) is 12.4. The van der Waals surface area contributed by atoms with Gasteiger partial charge in [-0.3, -0.25) is 4.79 Å². The van der Waals surface area contributed by atoms with Crippen molar-refractivity contribution in [3.8, 4) is 22.5 Å². The Morgan fingerprint density at radius 2 is 1.74 bits per heavy atom. The van der Waals surface area contributed by atoms with E-state index in [2.05, 4.69) is 36.9 Å². The minimum absolute atomic E-state index is 0.139. The van der Waals surface area contributed by atoms with Crippen molar-refractivity contribution in [3.63, 3.8) is 0 Å². The number of nitrogens with zero attached hydrogens (tertiary/aromatic N) is 6. The van der Waals surface area contributed by atoms with Crippen LogP contribution in [-0.4, -0.2) is 48.7 Å².